The van der Waals surface area contributed by atoms with Crippen LogP contribution in [0, 0.1) is 0 Å². The molecule has 0 saturated carbocycles. The summed E-state index contributed by atoms with van der Waals surface area (Å²) in [6, 6.07) is 9.53. The summed E-state index contributed by atoms with van der Waals surface area (Å²) in [5, 5.41) is 6.01. The number of hydrogen-bond acceptors (Lipinski definition) is 5. The van der Waals surface area contributed by atoms with Gasteiger partial charge in [-0.25, -0.2) is 4.98 Å². The van der Waals surface area contributed by atoms with Crippen molar-refractivity contribution >= 4 is 34.9 Å². The molecule has 1 aliphatic rings. The Morgan fingerprint density at radius 3 is 2.36 bits per heavy atom. The number of halogens is 1. The second-order valence-corrected chi connectivity index (χ2v) is 7.32. The highest BCUT2D eigenvalue weighted by molar-refractivity contribution is 6.30. The zero-order valence-electron chi connectivity index (χ0n) is 16.0. The molecule has 0 bridgehead atoms. The van der Waals surface area contributed by atoms with Crippen LogP contribution in [0.25, 0.3) is 0 Å². The first kappa shape index (κ1) is 20.1. The second-order valence-electron chi connectivity index (χ2n) is 6.89. The zero-order chi connectivity index (χ0) is 20.1. The number of aromatic nitrogens is 1. The molecule has 2 heterocycles. The van der Waals surface area contributed by atoms with Crippen molar-refractivity contribution in [1.29, 1.82) is 0 Å². The van der Waals surface area contributed by atoms with Crippen LogP contribution in [0.4, 0.5) is 11.5 Å². The highest BCUT2D eigenvalue weighted by Crippen LogP contribution is 2.16. The molecule has 1 aromatic carbocycles. The average Bonchev–Trinajstić information content (AvgIpc) is 2.69. The van der Waals surface area contributed by atoms with E-state index in [9.17, 15) is 9.59 Å². The maximum absolute atomic E-state index is 12.4. The Hall–Kier alpha value is -2.64. The smallest absolute Gasteiger partial charge is 0.251 e. The van der Waals surface area contributed by atoms with Gasteiger partial charge < -0.3 is 20.4 Å². The summed E-state index contributed by atoms with van der Waals surface area (Å²) in [5.74, 6) is 0.259. The highest BCUT2D eigenvalue weighted by Gasteiger charge is 2.18. The van der Waals surface area contributed by atoms with Crippen LogP contribution in [0.3, 0.4) is 0 Å². The molecular formula is C20H24ClN5O2. The van der Waals surface area contributed by atoms with Gasteiger partial charge in [-0.3, -0.25) is 9.59 Å². The number of likely N-dealkylation sites (N-methyl/N-ethyl adjacent to an activating group) is 1. The minimum absolute atomic E-state index is 0.309. The van der Waals surface area contributed by atoms with Gasteiger partial charge in [-0.15, -0.1) is 0 Å². The Labute approximate surface area is 169 Å². The molecule has 8 heteroatoms. The lowest BCUT2D eigenvalue weighted by Crippen LogP contribution is -2.44. The molecule has 1 atom stereocenters. The first-order chi connectivity index (χ1) is 13.4. The van der Waals surface area contributed by atoms with E-state index in [1.165, 1.54) is 0 Å². The highest BCUT2D eigenvalue weighted by atomic mass is 35.5. The normalized spacial score (nSPS) is 15.8. The van der Waals surface area contributed by atoms with Crippen LogP contribution in [0.2, 0.25) is 5.02 Å². The Morgan fingerprint density at radius 1 is 1.07 bits per heavy atom. The number of nitrogens with one attached hydrogen (secondary N) is 2. The maximum atomic E-state index is 12.4. The van der Waals surface area contributed by atoms with Crippen LogP contribution in [-0.4, -0.2) is 61.0 Å². The van der Waals surface area contributed by atoms with Crippen molar-refractivity contribution in [1.82, 2.24) is 15.2 Å². The van der Waals surface area contributed by atoms with E-state index in [4.69, 9.17) is 11.6 Å². The van der Waals surface area contributed by atoms with Crippen molar-refractivity contribution in [3.05, 3.63) is 53.2 Å². The van der Waals surface area contributed by atoms with E-state index >= 15 is 0 Å². The van der Waals surface area contributed by atoms with Gasteiger partial charge >= 0.3 is 0 Å². The van der Waals surface area contributed by atoms with Crippen LogP contribution in [0.15, 0.2) is 42.6 Å². The van der Waals surface area contributed by atoms with E-state index in [0.717, 1.165) is 32.0 Å². The molecule has 0 aliphatic carbocycles. The monoisotopic (exact) mass is 401 g/mol. The molecule has 3 rings (SSSR count). The summed E-state index contributed by atoms with van der Waals surface area (Å²) in [7, 11) is 2.11. The van der Waals surface area contributed by atoms with Gasteiger partial charge in [0.1, 0.15) is 11.9 Å². The minimum Gasteiger partial charge on any atom is -0.354 e. The zero-order valence-corrected chi connectivity index (χ0v) is 16.7. The molecule has 148 valence electrons. The lowest BCUT2D eigenvalue weighted by Gasteiger charge is -2.33. The molecule has 0 spiro atoms. The van der Waals surface area contributed by atoms with Crippen molar-refractivity contribution in [3.63, 3.8) is 0 Å². The van der Waals surface area contributed by atoms with Gasteiger partial charge in [-0.05, 0) is 50.4 Å². The second kappa shape index (κ2) is 9.03. The fourth-order valence-electron chi connectivity index (χ4n) is 2.88. The van der Waals surface area contributed by atoms with E-state index < -0.39 is 6.04 Å². The summed E-state index contributed by atoms with van der Waals surface area (Å²) in [6.07, 6.45) is 1.64. The van der Waals surface area contributed by atoms with Crippen molar-refractivity contribution in [2.75, 3.05) is 43.4 Å². The van der Waals surface area contributed by atoms with Gasteiger partial charge in [0.2, 0.25) is 5.91 Å². The average molecular weight is 402 g/mol. The molecule has 2 aromatic rings. The Kier molecular flexibility index (Phi) is 6.49. The number of carbonyl (C=O) groups is 2. The third-order valence-corrected chi connectivity index (χ3v) is 4.94. The summed E-state index contributed by atoms with van der Waals surface area (Å²) >= 11 is 5.82. The molecule has 0 unspecified atom stereocenters. The lowest BCUT2D eigenvalue weighted by atomic mass is 10.2. The quantitative estimate of drug-likeness (QED) is 0.803. The van der Waals surface area contributed by atoms with Gasteiger partial charge in [0.15, 0.2) is 0 Å². The molecule has 1 saturated heterocycles. The van der Waals surface area contributed by atoms with E-state index in [2.05, 4.69) is 32.5 Å². The SMILES string of the molecule is C[C@H](NC(=O)c1ccc(Cl)cc1)C(=O)Nc1ccc(N2CCN(C)CC2)nc1. The first-order valence-corrected chi connectivity index (χ1v) is 9.57. The molecule has 28 heavy (non-hydrogen) atoms. The molecular weight excluding hydrogens is 378 g/mol. The largest absolute Gasteiger partial charge is 0.354 e. The maximum Gasteiger partial charge on any atom is 0.251 e. The number of carbonyl (C=O) groups excluding carboxylic acids is 2. The molecule has 7 nitrogen and oxygen atoms in total. The first-order valence-electron chi connectivity index (χ1n) is 9.19. The number of hydrogen-bond donors (Lipinski definition) is 2. The van der Waals surface area contributed by atoms with E-state index in [1.807, 2.05) is 12.1 Å². The lowest BCUT2D eigenvalue weighted by molar-refractivity contribution is -0.117. The van der Waals surface area contributed by atoms with Gasteiger partial charge in [-0.1, -0.05) is 11.6 Å². The van der Waals surface area contributed by atoms with Crippen LogP contribution in [-0.2, 0) is 4.79 Å². The Bertz CT molecular complexity index is 817. The standard InChI is InChI=1S/C20H24ClN5O2/c1-14(23-20(28)15-3-5-16(21)6-4-15)19(27)24-17-7-8-18(22-13-17)26-11-9-25(2)10-12-26/h3-8,13-14H,9-12H2,1-2H3,(H,23,28)(H,24,27)/t14-/m0/s1. The van der Waals surface area contributed by atoms with E-state index in [0.29, 0.717) is 16.3 Å². The number of rotatable bonds is 5. The van der Waals surface area contributed by atoms with Crippen molar-refractivity contribution in [3.8, 4) is 0 Å². The predicted octanol–water partition coefficient (Wildman–Crippen LogP) is 2.24. The molecule has 1 aliphatic heterocycles. The number of amides is 2. The van der Waals surface area contributed by atoms with Gasteiger partial charge in [0, 0.05) is 36.8 Å². The number of anilines is 2. The van der Waals surface area contributed by atoms with Crippen molar-refractivity contribution in [2.24, 2.45) is 0 Å². The van der Waals surface area contributed by atoms with Gasteiger partial charge in [0.05, 0.1) is 11.9 Å². The number of nitrogens with zero attached hydrogens (tertiary/aromatic N) is 3. The van der Waals surface area contributed by atoms with Gasteiger partial charge in [-0.2, -0.15) is 0 Å². The molecule has 2 amide bonds. The summed E-state index contributed by atoms with van der Waals surface area (Å²) in [5.41, 5.74) is 1.04. The number of piperazine rings is 1. The fraction of sp³-hybridized carbons (Fsp3) is 0.350. The molecule has 1 fully saturated rings. The molecule has 1 aromatic heterocycles. The summed E-state index contributed by atoms with van der Waals surface area (Å²) in [4.78, 5) is 33.5. The third kappa shape index (κ3) is 5.21. The summed E-state index contributed by atoms with van der Waals surface area (Å²) in [6.45, 7) is 5.51. The number of benzene rings is 1. The van der Waals surface area contributed by atoms with Crippen LogP contribution in [0.1, 0.15) is 17.3 Å². The third-order valence-electron chi connectivity index (χ3n) is 4.69. The summed E-state index contributed by atoms with van der Waals surface area (Å²) < 4.78 is 0. The van der Waals surface area contributed by atoms with Crippen LogP contribution >= 0.6 is 11.6 Å². The fourth-order valence-corrected chi connectivity index (χ4v) is 3.01. The minimum atomic E-state index is -0.694. The van der Waals surface area contributed by atoms with E-state index in [1.54, 1.807) is 37.4 Å². The molecule has 0 radical (unpaired) electrons. The van der Waals surface area contributed by atoms with Crippen LogP contribution in [0.5, 0.6) is 0 Å². The van der Waals surface area contributed by atoms with Gasteiger partial charge in [0.25, 0.3) is 5.91 Å². The molecule has 2 N–H and O–H groups in total. The van der Waals surface area contributed by atoms with Crippen LogP contribution < -0.4 is 15.5 Å². The van der Waals surface area contributed by atoms with Crippen molar-refractivity contribution < 1.29 is 9.59 Å². The van der Waals surface area contributed by atoms with E-state index in [-0.39, 0.29) is 11.8 Å². The predicted molar refractivity (Wildman–Crippen MR) is 111 cm³/mol. The Morgan fingerprint density at radius 2 is 1.75 bits per heavy atom. The number of pyridine rings is 1. The van der Waals surface area contributed by atoms with Crippen molar-refractivity contribution in [2.45, 2.75) is 13.0 Å². The topological polar surface area (TPSA) is 77.6 Å². The Balaban J connectivity index is 1.53.